The van der Waals surface area contributed by atoms with Gasteiger partial charge in [-0.1, -0.05) is 36.4 Å². The van der Waals surface area contributed by atoms with Crippen LogP contribution in [0.25, 0.3) is 0 Å². The number of halogens is 2. The predicted molar refractivity (Wildman–Crippen MR) is 74.9 cm³/mol. The zero-order valence-electron chi connectivity index (χ0n) is 11.0. The minimum absolute atomic E-state index is 0.167. The van der Waals surface area contributed by atoms with Crippen molar-refractivity contribution in [3.63, 3.8) is 0 Å². The van der Waals surface area contributed by atoms with E-state index in [4.69, 9.17) is 5.73 Å². The Kier molecular flexibility index (Phi) is 4.66. The summed E-state index contributed by atoms with van der Waals surface area (Å²) < 4.78 is 53.1. The highest BCUT2D eigenvalue weighted by Gasteiger charge is 2.24. The molecule has 0 heterocycles. The summed E-state index contributed by atoms with van der Waals surface area (Å²) >= 11 is 0. The van der Waals surface area contributed by atoms with Crippen molar-refractivity contribution in [2.45, 2.75) is 10.9 Å². The quantitative estimate of drug-likeness (QED) is 0.886. The van der Waals surface area contributed by atoms with E-state index in [0.29, 0.717) is 5.56 Å². The Morgan fingerprint density at radius 2 is 1.57 bits per heavy atom. The SMILES string of the molecule is NC(CNS(=O)(=O)c1c(F)cccc1F)c1ccccc1. The van der Waals surface area contributed by atoms with E-state index in [2.05, 4.69) is 4.72 Å². The van der Waals surface area contributed by atoms with Crippen LogP contribution in [0.1, 0.15) is 11.6 Å². The second-order valence-electron chi connectivity index (χ2n) is 4.42. The summed E-state index contributed by atoms with van der Waals surface area (Å²) in [5, 5.41) is 0. The highest BCUT2D eigenvalue weighted by atomic mass is 32.2. The van der Waals surface area contributed by atoms with Gasteiger partial charge in [-0.25, -0.2) is 21.9 Å². The van der Waals surface area contributed by atoms with E-state index in [-0.39, 0.29) is 6.54 Å². The number of nitrogens with one attached hydrogen (secondary N) is 1. The largest absolute Gasteiger partial charge is 0.323 e. The van der Waals surface area contributed by atoms with Crippen molar-refractivity contribution in [3.05, 3.63) is 65.7 Å². The first kappa shape index (κ1) is 15.6. The molecule has 2 aromatic carbocycles. The van der Waals surface area contributed by atoms with Gasteiger partial charge in [-0.05, 0) is 17.7 Å². The Hall–Kier alpha value is -1.83. The molecule has 0 spiro atoms. The van der Waals surface area contributed by atoms with E-state index in [0.717, 1.165) is 18.2 Å². The molecular weight excluding hydrogens is 298 g/mol. The van der Waals surface area contributed by atoms with Crippen molar-refractivity contribution in [2.24, 2.45) is 5.73 Å². The molecule has 4 nitrogen and oxygen atoms in total. The average Bonchev–Trinajstić information content (AvgIpc) is 2.45. The molecule has 0 fully saturated rings. The van der Waals surface area contributed by atoms with Crippen LogP contribution in [0, 0.1) is 11.6 Å². The molecule has 0 aliphatic carbocycles. The van der Waals surface area contributed by atoms with Crippen LogP contribution in [-0.4, -0.2) is 15.0 Å². The summed E-state index contributed by atoms with van der Waals surface area (Å²) in [5.41, 5.74) is 6.56. The Morgan fingerprint density at radius 3 is 2.14 bits per heavy atom. The molecule has 0 bridgehead atoms. The molecule has 1 unspecified atom stereocenters. The molecule has 2 aromatic rings. The molecule has 0 saturated carbocycles. The topological polar surface area (TPSA) is 72.2 Å². The Labute approximate surface area is 121 Å². The lowest BCUT2D eigenvalue weighted by atomic mass is 10.1. The summed E-state index contributed by atoms with van der Waals surface area (Å²) in [4.78, 5) is -0.995. The zero-order valence-corrected chi connectivity index (χ0v) is 11.8. The first-order valence-electron chi connectivity index (χ1n) is 6.16. The van der Waals surface area contributed by atoms with Gasteiger partial charge in [0.2, 0.25) is 10.0 Å². The highest BCUT2D eigenvalue weighted by molar-refractivity contribution is 7.89. The van der Waals surface area contributed by atoms with Crippen molar-refractivity contribution in [1.82, 2.24) is 4.72 Å². The van der Waals surface area contributed by atoms with Gasteiger partial charge in [0.05, 0.1) is 0 Å². The fourth-order valence-corrected chi connectivity index (χ4v) is 3.02. The van der Waals surface area contributed by atoms with Crippen LogP contribution >= 0.6 is 0 Å². The maximum absolute atomic E-state index is 13.5. The second-order valence-corrected chi connectivity index (χ2v) is 6.12. The van der Waals surface area contributed by atoms with Gasteiger partial charge in [0.15, 0.2) is 4.90 Å². The number of nitrogens with two attached hydrogens (primary N) is 1. The number of hydrogen-bond donors (Lipinski definition) is 2. The summed E-state index contributed by atoms with van der Waals surface area (Å²) in [6, 6.07) is 11.1. The van der Waals surface area contributed by atoms with Crippen LogP contribution in [0.3, 0.4) is 0 Å². The predicted octanol–water partition coefficient (Wildman–Crippen LogP) is 1.94. The van der Waals surface area contributed by atoms with E-state index >= 15 is 0 Å². The monoisotopic (exact) mass is 312 g/mol. The van der Waals surface area contributed by atoms with Gasteiger partial charge in [-0.3, -0.25) is 0 Å². The summed E-state index contributed by atoms with van der Waals surface area (Å²) in [6.07, 6.45) is 0. The number of benzene rings is 2. The molecule has 7 heteroatoms. The van der Waals surface area contributed by atoms with Gasteiger partial charge in [-0.2, -0.15) is 0 Å². The summed E-state index contributed by atoms with van der Waals surface area (Å²) in [7, 11) is -4.30. The van der Waals surface area contributed by atoms with Crippen LogP contribution in [-0.2, 0) is 10.0 Å². The zero-order chi connectivity index (χ0) is 15.5. The number of rotatable bonds is 5. The van der Waals surface area contributed by atoms with Crippen molar-refractivity contribution in [2.75, 3.05) is 6.54 Å². The van der Waals surface area contributed by atoms with Crippen molar-refractivity contribution < 1.29 is 17.2 Å². The van der Waals surface area contributed by atoms with Crippen molar-refractivity contribution in [3.8, 4) is 0 Å². The third-order valence-corrected chi connectivity index (χ3v) is 4.38. The maximum atomic E-state index is 13.5. The lowest BCUT2D eigenvalue weighted by Crippen LogP contribution is -2.33. The molecule has 3 N–H and O–H groups in total. The summed E-state index contributed by atoms with van der Waals surface area (Å²) in [5.74, 6) is -2.29. The van der Waals surface area contributed by atoms with Crippen molar-refractivity contribution in [1.29, 1.82) is 0 Å². The molecule has 2 rings (SSSR count). The standard InChI is InChI=1S/C14H14F2N2O2S/c15-11-7-4-8-12(16)14(11)21(19,20)18-9-13(17)10-5-2-1-3-6-10/h1-8,13,18H,9,17H2. The van der Waals surface area contributed by atoms with Gasteiger partial charge < -0.3 is 5.73 Å². The minimum atomic E-state index is -4.30. The van der Waals surface area contributed by atoms with Crippen LogP contribution in [0.5, 0.6) is 0 Å². The van der Waals surface area contributed by atoms with Gasteiger partial charge in [0, 0.05) is 12.6 Å². The molecule has 0 aliphatic rings. The van der Waals surface area contributed by atoms with Gasteiger partial charge in [0.25, 0.3) is 0 Å². The molecule has 1 atom stereocenters. The third-order valence-electron chi connectivity index (χ3n) is 2.91. The van der Waals surface area contributed by atoms with Gasteiger partial charge in [-0.15, -0.1) is 0 Å². The lowest BCUT2D eigenvalue weighted by molar-refractivity contribution is 0.511. The lowest BCUT2D eigenvalue weighted by Gasteiger charge is -2.14. The molecule has 0 aromatic heterocycles. The van der Waals surface area contributed by atoms with E-state index in [1.54, 1.807) is 30.3 Å². The Bertz CT molecular complexity index is 701. The van der Waals surface area contributed by atoms with E-state index in [1.165, 1.54) is 0 Å². The molecule has 0 radical (unpaired) electrons. The third kappa shape index (κ3) is 3.63. The second kappa shape index (κ2) is 6.30. The maximum Gasteiger partial charge on any atom is 0.246 e. The number of sulfonamides is 1. The molecule has 112 valence electrons. The van der Waals surface area contributed by atoms with Crippen LogP contribution < -0.4 is 10.5 Å². The first-order chi connectivity index (χ1) is 9.92. The normalized spacial score (nSPS) is 13.1. The molecule has 21 heavy (non-hydrogen) atoms. The van der Waals surface area contributed by atoms with E-state index in [9.17, 15) is 17.2 Å². The van der Waals surface area contributed by atoms with E-state index < -0.39 is 32.6 Å². The Morgan fingerprint density at radius 1 is 1.00 bits per heavy atom. The van der Waals surface area contributed by atoms with Crippen LogP contribution in [0.15, 0.2) is 53.4 Å². The summed E-state index contributed by atoms with van der Waals surface area (Å²) in [6.45, 7) is -0.167. The van der Waals surface area contributed by atoms with Crippen molar-refractivity contribution >= 4 is 10.0 Å². The van der Waals surface area contributed by atoms with Gasteiger partial charge >= 0.3 is 0 Å². The molecule has 0 aliphatic heterocycles. The average molecular weight is 312 g/mol. The molecular formula is C14H14F2N2O2S. The highest BCUT2D eigenvalue weighted by Crippen LogP contribution is 2.18. The van der Waals surface area contributed by atoms with Crippen LogP contribution in [0.2, 0.25) is 0 Å². The van der Waals surface area contributed by atoms with Crippen LogP contribution in [0.4, 0.5) is 8.78 Å². The fourth-order valence-electron chi connectivity index (χ4n) is 1.83. The fraction of sp³-hybridized carbons (Fsp3) is 0.143. The Balaban J connectivity index is 2.16. The van der Waals surface area contributed by atoms with E-state index in [1.807, 2.05) is 0 Å². The molecule has 0 saturated heterocycles. The number of hydrogen-bond acceptors (Lipinski definition) is 3. The van der Waals surface area contributed by atoms with Gasteiger partial charge in [0.1, 0.15) is 11.6 Å². The smallest absolute Gasteiger partial charge is 0.246 e. The minimum Gasteiger partial charge on any atom is -0.323 e. The molecule has 0 amide bonds. The first-order valence-corrected chi connectivity index (χ1v) is 7.64.